The molecule has 0 heterocycles. The molecule has 0 radical (unpaired) electrons. The first kappa shape index (κ1) is 13.4. The Morgan fingerprint density at radius 1 is 1.64 bits per heavy atom. The van der Waals surface area contributed by atoms with Crippen molar-refractivity contribution in [1.29, 1.82) is 0 Å². The van der Waals surface area contributed by atoms with E-state index in [0.29, 0.717) is 6.42 Å². The van der Waals surface area contributed by atoms with E-state index in [1.165, 1.54) is 0 Å². The fourth-order valence-electron chi connectivity index (χ4n) is 1.44. The van der Waals surface area contributed by atoms with Crippen LogP contribution in [0, 0.1) is 5.92 Å². The smallest absolute Gasteiger partial charge is 0.323 e. The van der Waals surface area contributed by atoms with Crippen LogP contribution in [0.5, 0.6) is 0 Å². The van der Waals surface area contributed by atoms with Gasteiger partial charge in [0, 0.05) is 0 Å². The minimum absolute atomic E-state index is 0.211. The van der Waals surface area contributed by atoms with Gasteiger partial charge >= 0.3 is 5.97 Å². The Bertz CT molecular complexity index is 187. The van der Waals surface area contributed by atoms with Gasteiger partial charge < -0.3 is 10.8 Å². The van der Waals surface area contributed by atoms with Gasteiger partial charge in [-0.05, 0) is 25.2 Å². The maximum atomic E-state index is 12.0. The number of carboxylic acids is 1. The third-order valence-electron chi connectivity index (χ3n) is 2.59. The predicted octanol–water partition coefficient (Wildman–Crippen LogP) is 1.95. The number of hydrogen-bond acceptors (Lipinski definition) is 2. The molecule has 0 aromatic rings. The second kappa shape index (κ2) is 5.96. The lowest BCUT2D eigenvalue weighted by molar-refractivity contribution is -0.144. The lowest BCUT2D eigenvalue weighted by Crippen LogP contribution is -2.49. The molecule has 0 bridgehead atoms. The zero-order chi connectivity index (χ0) is 11.2. The second-order valence-corrected chi connectivity index (χ2v) is 3.97. The molecule has 0 aliphatic heterocycles. The van der Waals surface area contributed by atoms with Crippen molar-refractivity contribution in [2.75, 3.05) is 6.67 Å². The van der Waals surface area contributed by atoms with Crippen LogP contribution in [0.1, 0.15) is 39.5 Å². The molecule has 2 atom stereocenters. The van der Waals surface area contributed by atoms with E-state index in [-0.39, 0.29) is 18.8 Å². The molecule has 0 aliphatic rings. The first-order valence-electron chi connectivity index (χ1n) is 5.04. The molecule has 14 heavy (non-hydrogen) atoms. The molecular formula is C10H20FNO2. The van der Waals surface area contributed by atoms with Crippen molar-refractivity contribution in [1.82, 2.24) is 0 Å². The Morgan fingerprint density at radius 2 is 2.21 bits per heavy atom. The number of carboxylic acid groups (broad SMARTS) is 1. The molecule has 84 valence electrons. The minimum Gasteiger partial charge on any atom is -0.480 e. The molecule has 3 N–H and O–H groups in total. The molecular weight excluding hydrogens is 185 g/mol. The summed E-state index contributed by atoms with van der Waals surface area (Å²) in [5.74, 6) is -0.762. The molecule has 0 saturated heterocycles. The molecule has 0 amide bonds. The summed E-state index contributed by atoms with van der Waals surface area (Å²) in [6.45, 7) is 3.44. The van der Waals surface area contributed by atoms with Gasteiger partial charge in [0.1, 0.15) is 5.54 Å². The monoisotopic (exact) mass is 205 g/mol. The first-order valence-corrected chi connectivity index (χ1v) is 5.04. The van der Waals surface area contributed by atoms with Crippen molar-refractivity contribution in [2.45, 2.75) is 45.1 Å². The van der Waals surface area contributed by atoms with Gasteiger partial charge in [-0.25, -0.2) is 0 Å². The van der Waals surface area contributed by atoms with Crippen LogP contribution in [0.15, 0.2) is 0 Å². The van der Waals surface area contributed by atoms with Crippen LogP contribution in [0.4, 0.5) is 4.39 Å². The SMILES string of the molecule is CC[C@@H](C)C[C@](N)(CCCF)C(=O)O. The molecule has 4 heteroatoms. The van der Waals surface area contributed by atoms with Crippen molar-refractivity contribution < 1.29 is 14.3 Å². The third-order valence-corrected chi connectivity index (χ3v) is 2.59. The van der Waals surface area contributed by atoms with Crippen molar-refractivity contribution in [3.8, 4) is 0 Å². The quantitative estimate of drug-likeness (QED) is 0.667. The highest BCUT2D eigenvalue weighted by Crippen LogP contribution is 2.22. The van der Waals surface area contributed by atoms with Crippen LogP contribution in [-0.2, 0) is 4.79 Å². The Kier molecular flexibility index (Phi) is 5.69. The van der Waals surface area contributed by atoms with Crippen LogP contribution in [0.3, 0.4) is 0 Å². The third kappa shape index (κ3) is 4.05. The van der Waals surface area contributed by atoms with E-state index in [1.54, 1.807) is 0 Å². The van der Waals surface area contributed by atoms with E-state index in [9.17, 15) is 9.18 Å². The van der Waals surface area contributed by atoms with Gasteiger partial charge in [-0.3, -0.25) is 9.18 Å². The summed E-state index contributed by atoms with van der Waals surface area (Å²) in [6.07, 6.45) is 1.74. The summed E-state index contributed by atoms with van der Waals surface area (Å²) in [5, 5.41) is 8.96. The molecule has 0 fully saturated rings. The fraction of sp³-hybridized carbons (Fsp3) is 0.900. The number of rotatable bonds is 7. The molecule has 0 rings (SSSR count). The van der Waals surface area contributed by atoms with Gasteiger partial charge in [-0.2, -0.15) is 0 Å². The van der Waals surface area contributed by atoms with Crippen molar-refractivity contribution in [2.24, 2.45) is 11.7 Å². The lowest BCUT2D eigenvalue weighted by atomic mass is 9.84. The summed E-state index contributed by atoms with van der Waals surface area (Å²) < 4.78 is 12.0. The van der Waals surface area contributed by atoms with Gasteiger partial charge in [0.05, 0.1) is 6.67 Å². The van der Waals surface area contributed by atoms with Crippen LogP contribution >= 0.6 is 0 Å². The highest BCUT2D eigenvalue weighted by molar-refractivity contribution is 5.78. The Balaban J connectivity index is 4.31. The van der Waals surface area contributed by atoms with Gasteiger partial charge in [0.15, 0.2) is 0 Å². The first-order chi connectivity index (χ1) is 6.46. The van der Waals surface area contributed by atoms with E-state index in [0.717, 1.165) is 6.42 Å². The zero-order valence-corrected chi connectivity index (χ0v) is 8.92. The summed E-state index contributed by atoms with van der Waals surface area (Å²) in [7, 11) is 0. The average Bonchev–Trinajstić information content (AvgIpc) is 2.14. The van der Waals surface area contributed by atoms with Crippen molar-refractivity contribution >= 4 is 5.97 Å². The minimum atomic E-state index is -1.25. The van der Waals surface area contributed by atoms with E-state index in [2.05, 4.69) is 0 Å². The molecule has 0 unspecified atom stereocenters. The summed E-state index contributed by atoms with van der Waals surface area (Å²) in [6, 6.07) is 0. The van der Waals surface area contributed by atoms with Crippen molar-refractivity contribution in [3.05, 3.63) is 0 Å². The normalized spacial score (nSPS) is 17.4. The molecule has 3 nitrogen and oxygen atoms in total. The molecule has 0 aromatic heterocycles. The highest BCUT2D eigenvalue weighted by atomic mass is 19.1. The van der Waals surface area contributed by atoms with Crippen LogP contribution in [0.2, 0.25) is 0 Å². The van der Waals surface area contributed by atoms with Crippen LogP contribution in [-0.4, -0.2) is 23.3 Å². The Hall–Kier alpha value is -0.640. The standard InChI is InChI=1S/C10H20FNO2/c1-3-8(2)7-10(12,9(13)14)5-4-6-11/h8H,3-7,12H2,1-2H3,(H,13,14)/t8-,10-/m1/s1. The Labute approximate surface area is 84.5 Å². The average molecular weight is 205 g/mol. The summed E-state index contributed by atoms with van der Waals surface area (Å²) in [5.41, 5.74) is 4.49. The largest absolute Gasteiger partial charge is 0.480 e. The van der Waals surface area contributed by atoms with Crippen LogP contribution in [0.25, 0.3) is 0 Å². The van der Waals surface area contributed by atoms with Crippen molar-refractivity contribution in [3.63, 3.8) is 0 Å². The number of nitrogens with two attached hydrogens (primary N) is 1. The molecule has 0 saturated carbocycles. The summed E-state index contributed by atoms with van der Waals surface area (Å²) >= 11 is 0. The van der Waals surface area contributed by atoms with Gasteiger partial charge in [0.25, 0.3) is 0 Å². The molecule has 0 aromatic carbocycles. The van der Waals surface area contributed by atoms with E-state index < -0.39 is 18.2 Å². The van der Waals surface area contributed by atoms with E-state index in [4.69, 9.17) is 10.8 Å². The van der Waals surface area contributed by atoms with E-state index in [1.807, 2.05) is 13.8 Å². The number of carbonyl (C=O) groups is 1. The number of alkyl halides is 1. The second-order valence-electron chi connectivity index (χ2n) is 3.97. The fourth-order valence-corrected chi connectivity index (χ4v) is 1.44. The van der Waals surface area contributed by atoms with Crippen LogP contribution < -0.4 is 5.73 Å². The summed E-state index contributed by atoms with van der Waals surface area (Å²) in [4.78, 5) is 10.9. The molecule has 0 spiro atoms. The molecule has 0 aliphatic carbocycles. The predicted molar refractivity (Wildman–Crippen MR) is 53.8 cm³/mol. The maximum absolute atomic E-state index is 12.0. The number of hydrogen-bond donors (Lipinski definition) is 2. The zero-order valence-electron chi connectivity index (χ0n) is 8.92. The van der Waals surface area contributed by atoms with Gasteiger partial charge in [0.2, 0.25) is 0 Å². The van der Waals surface area contributed by atoms with Gasteiger partial charge in [-0.1, -0.05) is 20.3 Å². The maximum Gasteiger partial charge on any atom is 0.323 e. The van der Waals surface area contributed by atoms with Gasteiger partial charge in [-0.15, -0.1) is 0 Å². The Morgan fingerprint density at radius 3 is 2.57 bits per heavy atom. The topological polar surface area (TPSA) is 63.3 Å². The highest BCUT2D eigenvalue weighted by Gasteiger charge is 2.34. The van der Waals surface area contributed by atoms with E-state index >= 15 is 0 Å². The number of aliphatic carboxylic acids is 1. The number of halogens is 1. The lowest BCUT2D eigenvalue weighted by Gasteiger charge is -2.27.